The molecule has 0 fully saturated rings. The first kappa shape index (κ1) is 25.8. The van der Waals surface area contributed by atoms with Gasteiger partial charge in [0.15, 0.2) is 0 Å². The number of fused-ring (bicyclic) bond motifs is 1. The smallest absolute Gasteiger partial charge is 0.416 e. The molecular formula is C27H20ClF3N2O4. The lowest BCUT2D eigenvalue weighted by Gasteiger charge is -2.11. The van der Waals surface area contributed by atoms with E-state index in [0.29, 0.717) is 16.6 Å². The first-order chi connectivity index (χ1) is 17.4. The van der Waals surface area contributed by atoms with E-state index in [1.807, 2.05) is 19.9 Å². The second-order valence-corrected chi connectivity index (χ2v) is 8.78. The van der Waals surface area contributed by atoms with Gasteiger partial charge in [0, 0.05) is 17.3 Å². The molecule has 3 N–H and O–H groups in total. The molecule has 0 saturated carbocycles. The zero-order valence-corrected chi connectivity index (χ0v) is 20.3. The van der Waals surface area contributed by atoms with Gasteiger partial charge in [-0.1, -0.05) is 29.8 Å². The molecule has 0 radical (unpaired) electrons. The van der Waals surface area contributed by atoms with Crippen LogP contribution in [0.1, 0.15) is 27.8 Å². The maximum atomic E-state index is 13.5. The Hall–Kier alpha value is -4.24. The second-order valence-electron chi connectivity index (χ2n) is 8.37. The lowest BCUT2D eigenvalue weighted by atomic mass is 10.1. The fraction of sp³-hybridized carbons (Fsp3) is 0.111. The average Bonchev–Trinajstić information content (AvgIpc) is 3.10. The summed E-state index contributed by atoms with van der Waals surface area (Å²) in [6, 6.07) is 12.6. The van der Waals surface area contributed by atoms with Crippen LogP contribution < -0.4 is 0 Å². The number of carboxylic acids is 1. The minimum Gasteiger partial charge on any atom is -0.506 e. The zero-order valence-electron chi connectivity index (χ0n) is 19.5. The molecule has 0 atom stereocenters. The Bertz CT molecular complexity index is 1600. The largest absolute Gasteiger partial charge is 0.506 e. The molecule has 0 saturated heterocycles. The molecule has 0 aliphatic rings. The Balaban J connectivity index is 1.85. The number of aromatic nitrogens is 1. The fourth-order valence-corrected chi connectivity index (χ4v) is 3.94. The first-order valence-corrected chi connectivity index (χ1v) is 11.2. The number of phenolic OH excluding ortho intramolecular Hbond substituents is 1. The molecular weight excluding hydrogens is 509 g/mol. The normalized spacial score (nSPS) is 12.5. The third-order valence-corrected chi connectivity index (χ3v) is 6.16. The van der Waals surface area contributed by atoms with Crippen molar-refractivity contribution in [1.82, 2.24) is 4.57 Å². The highest BCUT2D eigenvalue weighted by atomic mass is 35.5. The van der Waals surface area contributed by atoms with Gasteiger partial charge >= 0.3 is 12.1 Å². The van der Waals surface area contributed by atoms with Crippen LogP contribution in [0.3, 0.4) is 0 Å². The number of benzene rings is 3. The summed E-state index contributed by atoms with van der Waals surface area (Å²) in [7, 11) is 0. The highest BCUT2D eigenvalue weighted by Gasteiger charge is 2.31. The monoisotopic (exact) mass is 528 g/mol. The first-order valence-electron chi connectivity index (χ1n) is 10.9. The van der Waals surface area contributed by atoms with Crippen molar-refractivity contribution in [3.63, 3.8) is 0 Å². The maximum absolute atomic E-state index is 13.5. The van der Waals surface area contributed by atoms with E-state index in [2.05, 4.69) is 4.99 Å². The van der Waals surface area contributed by atoms with Crippen LogP contribution in [-0.2, 0) is 11.0 Å². The predicted octanol–water partition coefficient (Wildman–Crippen LogP) is 7.09. The van der Waals surface area contributed by atoms with Gasteiger partial charge in [-0.25, -0.2) is 4.79 Å². The summed E-state index contributed by atoms with van der Waals surface area (Å²) in [6.45, 7) is 3.76. The third-order valence-electron chi connectivity index (χ3n) is 5.89. The molecule has 190 valence electrons. The SMILES string of the molecule is Cc1ccc(-n2c(O)c(C=Nc3ccc(/C=C(\Cl)C(=O)O)cc3O)c3ccc(C(F)(F)F)cc32)cc1C. The number of aryl methyl sites for hydroxylation is 2. The molecule has 37 heavy (non-hydrogen) atoms. The number of alkyl halides is 3. The van der Waals surface area contributed by atoms with Crippen LogP contribution >= 0.6 is 11.6 Å². The second kappa shape index (κ2) is 9.67. The number of aliphatic imine (C=N–C) groups is 1. The van der Waals surface area contributed by atoms with E-state index in [1.54, 1.807) is 12.1 Å². The molecule has 0 bridgehead atoms. The number of hydrogen-bond donors (Lipinski definition) is 3. The van der Waals surface area contributed by atoms with E-state index in [1.165, 1.54) is 35.0 Å². The van der Waals surface area contributed by atoms with Gasteiger partial charge in [0.2, 0.25) is 5.88 Å². The molecule has 6 nitrogen and oxygen atoms in total. The van der Waals surface area contributed by atoms with E-state index < -0.39 is 22.7 Å². The van der Waals surface area contributed by atoms with E-state index in [-0.39, 0.29) is 28.4 Å². The number of aliphatic carboxylic acids is 1. The van der Waals surface area contributed by atoms with Crippen LogP contribution in [0.5, 0.6) is 11.6 Å². The van der Waals surface area contributed by atoms with Crippen molar-refractivity contribution in [1.29, 1.82) is 0 Å². The van der Waals surface area contributed by atoms with Gasteiger partial charge < -0.3 is 15.3 Å². The van der Waals surface area contributed by atoms with E-state index in [0.717, 1.165) is 29.3 Å². The summed E-state index contributed by atoms with van der Waals surface area (Å²) >= 11 is 5.62. The van der Waals surface area contributed by atoms with Crippen molar-refractivity contribution < 1.29 is 33.3 Å². The van der Waals surface area contributed by atoms with Crippen molar-refractivity contribution in [3.05, 3.63) is 87.4 Å². The molecule has 4 rings (SSSR count). The number of hydrogen-bond acceptors (Lipinski definition) is 4. The zero-order chi connectivity index (χ0) is 27.1. The Morgan fingerprint density at radius 2 is 1.73 bits per heavy atom. The van der Waals surface area contributed by atoms with Crippen LogP contribution in [0.15, 0.2) is 64.6 Å². The van der Waals surface area contributed by atoms with Gasteiger partial charge in [-0.3, -0.25) is 9.56 Å². The number of aromatic hydroxyl groups is 2. The number of carbonyl (C=O) groups is 1. The van der Waals surface area contributed by atoms with Gasteiger partial charge in [0.25, 0.3) is 0 Å². The Morgan fingerprint density at radius 1 is 1.00 bits per heavy atom. The number of nitrogens with zero attached hydrogens (tertiary/aromatic N) is 2. The average molecular weight is 529 g/mol. The maximum Gasteiger partial charge on any atom is 0.416 e. The number of phenols is 1. The Morgan fingerprint density at radius 3 is 2.35 bits per heavy atom. The van der Waals surface area contributed by atoms with Crippen LogP contribution in [0.4, 0.5) is 18.9 Å². The molecule has 4 aromatic rings. The van der Waals surface area contributed by atoms with Gasteiger partial charge in [0.1, 0.15) is 16.5 Å². The molecule has 0 aliphatic carbocycles. The summed E-state index contributed by atoms with van der Waals surface area (Å²) < 4.78 is 41.7. The minimum absolute atomic E-state index is 0.0852. The predicted molar refractivity (Wildman–Crippen MR) is 136 cm³/mol. The van der Waals surface area contributed by atoms with Gasteiger partial charge in [-0.15, -0.1) is 0 Å². The highest BCUT2D eigenvalue weighted by molar-refractivity contribution is 6.43. The van der Waals surface area contributed by atoms with Gasteiger partial charge in [0.05, 0.1) is 16.6 Å². The molecule has 3 aromatic carbocycles. The standard InChI is InChI=1S/C27H20ClF3N2O4/c1-14-3-6-18(9-15(14)2)33-23-12-17(27(29,30)31)5-7-19(23)20(25(33)35)13-32-22-8-4-16(11-24(22)34)10-21(28)26(36)37/h3-13,34-35H,1-2H3,(H,36,37)/b21-10-,32-13?. The molecule has 1 heterocycles. The number of carboxylic acid groups (broad SMARTS) is 1. The van der Waals surface area contributed by atoms with E-state index in [4.69, 9.17) is 16.7 Å². The van der Waals surface area contributed by atoms with Crippen LogP contribution in [0, 0.1) is 13.8 Å². The van der Waals surface area contributed by atoms with E-state index >= 15 is 0 Å². The minimum atomic E-state index is -4.58. The summed E-state index contributed by atoms with van der Waals surface area (Å²) in [4.78, 5) is 15.1. The summed E-state index contributed by atoms with van der Waals surface area (Å²) in [5, 5.41) is 30.2. The summed E-state index contributed by atoms with van der Waals surface area (Å²) in [6.07, 6.45) is -2.18. The molecule has 0 aliphatic heterocycles. The van der Waals surface area contributed by atoms with Crippen LogP contribution in [0.25, 0.3) is 22.7 Å². The van der Waals surface area contributed by atoms with Crippen molar-refractivity contribution in [3.8, 4) is 17.3 Å². The number of rotatable bonds is 5. The van der Waals surface area contributed by atoms with Crippen LogP contribution in [-0.4, -0.2) is 32.1 Å². The van der Waals surface area contributed by atoms with Crippen molar-refractivity contribution in [2.24, 2.45) is 4.99 Å². The van der Waals surface area contributed by atoms with Gasteiger partial charge in [-0.05, 0) is 73.0 Å². The summed E-state index contributed by atoms with van der Waals surface area (Å²) in [5.74, 6) is -1.95. The topological polar surface area (TPSA) is 95.0 Å². The van der Waals surface area contributed by atoms with Crippen molar-refractivity contribution >= 4 is 46.5 Å². The van der Waals surface area contributed by atoms with Crippen LogP contribution in [0.2, 0.25) is 0 Å². The van der Waals surface area contributed by atoms with Crippen molar-refractivity contribution in [2.45, 2.75) is 20.0 Å². The number of halogens is 4. The lowest BCUT2D eigenvalue weighted by molar-refractivity contribution is -0.137. The van der Waals surface area contributed by atoms with Gasteiger partial charge in [-0.2, -0.15) is 13.2 Å². The molecule has 0 amide bonds. The summed E-state index contributed by atoms with van der Waals surface area (Å²) in [5.41, 5.74) is 2.16. The molecule has 0 spiro atoms. The molecule has 10 heteroatoms. The Kier molecular flexibility index (Phi) is 6.75. The van der Waals surface area contributed by atoms with Crippen molar-refractivity contribution in [2.75, 3.05) is 0 Å². The Labute approximate surface area is 214 Å². The molecule has 1 aromatic heterocycles. The fourth-order valence-electron chi connectivity index (χ4n) is 3.81. The highest BCUT2D eigenvalue weighted by Crippen LogP contribution is 2.38. The third kappa shape index (κ3) is 5.17. The molecule has 0 unspecified atom stereocenters. The van der Waals surface area contributed by atoms with E-state index in [9.17, 15) is 28.2 Å². The lowest BCUT2D eigenvalue weighted by Crippen LogP contribution is -2.05. The quantitative estimate of drug-likeness (QED) is 0.190.